The van der Waals surface area contributed by atoms with Gasteiger partial charge < -0.3 is 4.90 Å². The van der Waals surface area contributed by atoms with E-state index < -0.39 is 5.41 Å². The molecule has 10 aromatic carbocycles. The molecule has 0 heterocycles. The average molecular weight is 786 g/mol. The fraction of sp³-hybridized carbons (Fsp3) is 0.0164. The maximum absolute atomic E-state index is 2.51. The molecule has 0 unspecified atom stereocenters. The molecule has 3 aliphatic rings. The standard InChI is InChI=1S/C61H39N/c1-2-17-40(18-3-1)41-33-35-42(36-34-41)62(43-37-38-50-48-23-7-6-21-46(48)44-19-4-5-20-45(44)47-22-8-9-24-49(47)54(50)39-43)59-32-16-31-58-60(59)53-27-12-15-30-57(53)61(58)55-28-13-10-25-51(55)52-26-11-14-29-56(52)61/h1-39H. The molecule has 0 amide bonds. The molecule has 10 aromatic rings. The van der Waals surface area contributed by atoms with Gasteiger partial charge in [0.15, 0.2) is 0 Å². The van der Waals surface area contributed by atoms with Gasteiger partial charge in [0.2, 0.25) is 0 Å². The van der Waals surface area contributed by atoms with Gasteiger partial charge in [0, 0.05) is 16.9 Å². The fourth-order valence-electron chi connectivity index (χ4n) is 11.2. The van der Waals surface area contributed by atoms with Crippen molar-refractivity contribution in [3.05, 3.63) is 259 Å². The predicted octanol–water partition coefficient (Wildman–Crippen LogP) is 16.1. The first-order chi connectivity index (χ1) is 30.8. The van der Waals surface area contributed by atoms with E-state index >= 15 is 0 Å². The highest BCUT2D eigenvalue weighted by Gasteiger charge is 2.52. The van der Waals surface area contributed by atoms with Gasteiger partial charge in [0.25, 0.3) is 0 Å². The molecule has 0 aromatic heterocycles. The first kappa shape index (κ1) is 34.8. The predicted molar refractivity (Wildman–Crippen MR) is 258 cm³/mol. The van der Waals surface area contributed by atoms with Crippen molar-refractivity contribution in [2.45, 2.75) is 5.41 Å². The molecule has 1 spiro atoms. The van der Waals surface area contributed by atoms with Gasteiger partial charge in [0.1, 0.15) is 0 Å². The summed E-state index contributed by atoms with van der Waals surface area (Å²) in [5, 5.41) is 0. The van der Waals surface area contributed by atoms with E-state index in [1.54, 1.807) is 0 Å². The number of rotatable bonds is 4. The number of anilines is 3. The summed E-state index contributed by atoms with van der Waals surface area (Å²) < 4.78 is 0. The quantitative estimate of drug-likeness (QED) is 0.172. The van der Waals surface area contributed by atoms with Crippen LogP contribution in [-0.2, 0) is 5.41 Å². The van der Waals surface area contributed by atoms with Crippen molar-refractivity contribution in [2.24, 2.45) is 0 Å². The van der Waals surface area contributed by atoms with Gasteiger partial charge >= 0.3 is 0 Å². The second-order valence-electron chi connectivity index (χ2n) is 16.7. The lowest BCUT2D eigenvalue weighted by atomic mass is 9.70. The number of fused-ring (bicyclic) bond motifs is 18. The van der Waals surface area contributed by atoms with Crippen LogP contribution < -0.4 is 4.90 Å². The molecule has 0 radical (unpaired) electrons. The minimum absolute atomic E-state index is 0.444. The molecule has 0 N–H and O–H groups in total. The SMILES string of the molecule is c1ccc(-c2ccc(N(c3ccc4c(c3)-c3ccccc3-c3ccccc3-c3ccccc3-4)c3cccc4c3-c3ccccc3C43c4ccccc4-c4ccccc43)cc2)cc1. The van der Waals surface area contributed by atoms with E-state index in [1.165, 1.54) is 100 Å². The maximum atomic E-state index is 2.51. The Morgan fingerprint density at radius 1 is 0.242 bits per heavy atom. The van der Waals surface area contributed by atoms with Crippen molar-refractivity contribution in [1.82, 2.24) is 0 Å². The Hall–Kier alpha value is -8.00. The summed E-state index contributed by atoms with van der Waals surface area (Å²) >= 11 is 0. The van der Waals surface area contributed by atoms with E-state index in [1.807, 2.05) is 0 Å². The van der Waals surface area contributed by atoms with Gasteiger partial charge in [0.05, 0.1) is 11.1 Å². The molecule has 3 aliphatic carbocycles. The summed E-state index contributed by atoms with van der Waals surface area (Å²) in [7, 11) is 0. The van der Waals surface area contributed by atoms with Gasteiger partial charge in [-0.3, -0.25) is 0 Å². The minimum atomic E-state index is -0.444. The molecular formula is C61H39N. The van der Waals surface area contributed by atoms with Gasteiger partial charge in [-0.25, -0.2) is 0 Å². The van der Waals surface area contributed by atoms with Crippen LogP contribution in [0.3, 0.4) is 0 Å². The largest absolute Gasteiger partial charge is 0.310 e. The van der Waals surface area contributed by atoms with Crippen molar-refractivity contribution in [3.63, 3.8) is 0 Å². The smallest absolute Gasteiger partial charge is 0.0726 e. The summed E-state index contributed by atoms with van der Waals surface area (Å²) in [5.74, 6) is 0. The van der Waals surface area contributed by atoms with Crippen LogP contribution in [0.25, 0.3) is 77.9 Å². The van der Waals surface area contributed by atoms with Gasteiger partial charge in [-0.2, -0.15) is 0 Å². The molecule has 0 aliphatic heterocycles. The third kappa shape index (κ3) is 4.85. The highest BCUT2D eigenvalue weighted by molar-refractivity contribution is 6.05. The third-order valence-electron chi connectivity index (χ3n) is 13.7. The Bertz CT molecular complexity index is 3360. The summed E-state index contributed by atoms with van der Waals surface area (Å²) in [6.45, 7) is 0. The topological polar surface area (TPSA) is 3.24 Å². The normalized spacial score (nSPS) is 13.0. The second-order valence-corrected chi connectivity index (χ2v) is 16.7. The Morgan fingerprint density at radius 3 is 1.18 bits per heavy atom. The molecule has 0 atom stereocenters. The molecular weight excluding hydrogens is 747 g/mol. The molecule has 1 heteroatoms. The lowest BCUT2D eigenvalue weighted by molar-refractivity contribution is 0.794. The molecule has 288 valence electrons. The lowest BCUT2D eigenvalue weighted by Gasteiger charge is -2.32. The van der Waals surface area contributed by atoms with Crippen LogP contribution in [0.2, 0.25) is 0 Å². The van der Waals surface area contributed by atoms with Crippen LogP contribution >= 0.6 is 0 Å². The Morgan fingerprint density at radius 2 is 0.629 bits per heavy atom. The summed E-state index contributed by atoms with van der Waals surface area (Å²) in [6, 6.07) is 88.0. The van der Waals surface area contributed by atoms with Crippen LogP contribution in [0.1, 0.15) is 22.3 Å². The molecule has 13 rings (SSSR count). The molecule has 62 heavy (non-hydrogen) atoms. The van der Waals surface area contributed by atoms with Crippen molar-refractivity contribution in [1.29, 1.82) is 0 Å². The molecule has 0 bridgehead atoms. The Labute approximate surface area is 362 Å². The number of benzene rings is 10. The van der Waals surface area contributed by atoms with Crippen molar-refractivity contribution in [2.75, 3.05) is 4.90 Å². The molecule has 0 saturated carbocycles. The maximum Gasteiger partial charge on any atom is 0.0726 e. The highest BCUT2D eigenvalue weighted by atomic mass is 15.1. The lowest BCUT2D eigenvalue weighted by Crippen LogP contribution is -2.26. The van der Waals surface area contributed by atoms with Crippen LogP contribution in [0.5, 0.6) is 0 Å². The Kier molecular flexibility index (Phi) is 7.59. The minimum Gasteiger partial charge on any atom is -0.310 e. The zero-order chi connectivity index (χ0) is 40.8. The van der Waals surface area contributed by atoms with Crippen LogP contribution in [0.15, 0.2) is 237 Å². The first-order valence-electron chi connectivity index (χ1n) is 21.6. The summed E-state index contributed by atoms with van der Waals surface area (Å²) in [5.41, 5.74) is 25.8. The molecule has 0 saturated heterocycles. The van der Waals surface area contributed by atoms with Crippen LogP contribution in [0, 0.1) is 0 Å². The van der Waals surface area contributed by atoms with Crippen molar-refractivity contribution < 1.29 is 0 Å². The van der Waals surface area contributed by atoms with E-state index in [9.17, 15) is 0 Å². The highest BCUT2D eigenvalue weighted by Crippen LogP contribution is 2.65. The summed E-state index contributed by atoms with van der Waals surface area (Å²) in [4.78, 5) is 2.51. The zero-order valence-electron chi connectivity index (χ0n) is 34.0. The number of hydrogen-bond acceptors (Lipinski definition) is 1. The van der Waals surface area contributed by atoms with E-state index in [4.69, 9.17) is 0 Å². The zero-order valence-corrected chi connectivity index (χ0v) is 34.0. The number of nitrogens with zero attached hydrogens (tertiary/aromatic N) is 1. The van der Waals surface area contributed by atoms with E-state index in [0.29, 0.717) is 0 Å². The van der Waals surface area contributed by atoms with E-state index in [-0.39, 0.29) is 0 Å². The van der Waals surface area contributed by atoms with Gasteiger partial charge in [-0.15, -0.1) is 0 Å². The van der Waals surface area contributed by atoms with Crippen LogP contribution in [-0.4, -0.2) is 0 Å². The Balaban J connectivity index is 1.09. The van der Waals surface area contributed by atoms with E-state index in [2.05, 4.69) is 241 Å². The van der Waals surface area contributed by atoms with Gasteiger partial charge in [-0.1, -0.05) is 206 Å². The second kappa shape index (κ2) is 13.5. The number of hydrogen-bond donors (Lipinski definition) is 0. The fourth-order valence-corrected chi connectivity index (χ4v) is 11.2. The van der Waals surface area contributed by atoms with E-state index in [0.717, 1.165) is 17.1 Å². The summed E-state index contributed by atoms with van der Waals surface area (Å²) in [6.07, 6.45) is 0. The monoisotopic (exact) mass is 785 g/mol. The third-order valence-corrected chi connectivity index (χ3v) is 13.7. The first-order valence-corrected chi connectivity index (χ1v) is 21.6. The van der Waals surface area contributed by atoms with Crippen molar-refractivity contribution >= 4 is 17.1 Å². The molecule has 1 nitrogen and oxygen atoms in total. The molecule has 0 fully saturated rings. The van der Waals surface area contributed by atoms with Crippen molar-refractivity contribution in [3.8, 4) is 77.9 Å². The van der Waals surface area contributed by atoms with Crippen LogP contribution in [0.4, 0.5) is 17.1 Å². The van der Waals surface area contributed by atoms with Gasteiger partial charge in [-0.05, 0) is 125 Å². The average Bonchev–Trinajstić information content (AvgIpc) is 3.82.